The van der Waals surface area contributed by atoms with Crippen LogP contribution >= 0.6 is 0 Å². The molecule has 0 amide bonds. The normalized spacial score (nSPS) is 11.0. The van der Waals surface area contributed by atoms with Crippen LogP contribution in [0.15, 0.2) is 24.4 Å². The van der Waals surface area contributed by atoms with Gasteiger partial charge < -0.3 is 10.2 Å². The van der Waals surface area contributed by atoms with E-state index < -0.39 is 0 Å². The molecule has 0 spiro atoms. The summed E-state index contributed by atoms with van der Waals surface area (Å²) < 4.78 is 0. The van der Waals surface area contributed by atoms with Crippen LogP contribution in [-0.4, -0.2) is 34.7 Å². The number of benzene rings is 1. The Morgan fingerprint density at radius 3 is 2.85 bits per heavy atom. The van der Waals surface area contributed by atoms with Crippen LogP contribution in [0.25, 0.3) is 5.57 Å². The fourth-order valence-corrected chi connectivity index (χ4v) is 1.73. The Labute approximate surface area is 116 Å². The van der Waals surface area contributed by atoms with Gasteiger partial charge in [-0.2, -0.15) is 10.5 Å². The van der Waals surface area contributed by atoms with Crippen molar-refractivity contribution >= 4 is 16.9 Å². The van der Waals surface area contributed by atoms with Crippen molar-refractivity contribution in [2.75, 3.05) is 24.3 Å². The van der Waals surface area contributed by atoms with E-state index in [-0.39, 0.29) is 5.82 Å². The minimum Gasteiger partial charge on any atom is -0.376 e. The molecule has 0 unspecified atom stereocenters. The second kappa shape index (κ2) is 5.84. The Morgan fingerprint density at radius 1 is 1.45 bits per heavy atom. The number of nitriles is 1. The summed E-state index contributed by atoms with van der Waals surface area (Å²) in [6.07, 6.45) is 1.58. The summed E-state index contributed by atoms with van der Waals surface area (Å²) in [7, 11) is 3.92. The van der Waals surface area contributed by atoms with Gasteiger partial charge in [-0.15, -0.1) is 10.2 Å². The predicted molar refractivity (Wildman–Crippen MR) is 76.9 cm³/mol. The van der Waals surface area contributed by atoms with Crippen molar-refractivity contribution in [3.63, 3.8) is 0 Å². The predicted octanol–water partition coefficient (Wildman–Crippen LogP) is 1.55. The lowest BCUT2D eigenvalue weighted by Crippen LogP contribution is -2.11. The molecule has 0 fully saturated rings. The number of tetrazole rings is 1. The number of hydrogen-bond donors (Lipinski definition) is 2. The topological polar surface area (TPSA) is 93.5 Å². The molecule has 1 aromatic heterocycles. The van der Waals surface area contributed by atoms with Gasteiger partial charge in [0.25, 0.3) is 0 Å². The van der Waals surface area contributed by atoms with Gasteiger partial charge in [-0.05, 0) is 29.8 Å². The van der Waals surface area contributed by atoms with Gasteiger partial charge in [-0.25, -0.2) is 0 Å². The summed E-state index contributed by atoms with van der Waals surface area (Å²) in [4.78, 5) is 2.00. The number of anilines is 2. The molecule has 0 radical (unpaired) electrons. The number of aromatic nitrogens is 4. The number of nitrogens with one attached hydrogen (secondary N) is 2. The van der Waals surface area contributed by atoms with Gasteiger partial charge in [0.15, 0.2) is 0 Å². The zero-order chi connectivity index (χ0) is 14.5. The van der Waals surface area contributed by atoms with E-state index in [2.05, 4.69) is 25.9 Å². The van der Waals surface area contributed by atoms with Crippen molar-refractivity contribution < 1.29 is 0 Å². The maximum absolute atomic E-state index is 9.12. The zero-order valence-electron chi connectivity index (χ0n) is 11.5. The van der Waals surface area contributed by atoms with E-state index in [1.807, 2.05) is 50.2 Å². The fraction of sp³-hybridized carbons (Fsp3) is 0.231. The first-order chi connectivity index (χ1) is 9.61. The van der Waals surface area contributed by atoms with E-state index in [0.717, 1.165) is 16.9 Å². The highest BCUT2D eigenvalue weighted by Crippen LogP contribution is 2.25. The highest BCUT2D eigenvalue weighted by Gasteiger charge is 2.07. The van der Waals surface area contributed by atoms with E-state index in [9.17, 15) is 0 Å². The first-order valence-corrected chi connectivity index (χ1v) is 6.00. The first kappa shape index (κ1) is 13.5. The van der Waals surface area contributed by atoms with Crippen LogP contribution in [0.4, 0.5) is 11.4 Å². The molecule has 0 bridgehead atoms. The Hall–Kier alpha value is -2.88. The summed E-state index contributed by atoms with van der Waals surface area (Å²) >= 11 is 0. The number of rotatable bonds is 4. The lowest BCUT2D eigenvalue weighted by atomic mass is 10.2. The number of allylic oxidation sites excluding steroid dienone is 1. The Morgan fingerprint density at radius 2 is 2.25 bits per heavy atom. The van der Waals surface area contributed by atoms with Crippen molar-refractivity contribution in [2.45, 2.75) is 6.92 Å². The molecule has 1 heterocycles. The van der Waals surface area contributed by atoms with Crippen LogP contribution < -0.4 is 10.2 Å². The number of aromatic amines is 1. The molecule has 0 aliphatic rings. The van der Waals surface area contributed by atoms with Gasteiger partial charge in [0.1, 0.15) is 11.6 Å². The molecular formula is C13H15N7. The number of hydrogen-bond acceptors (Lipinski definition) is 6. The molecule has 2 rings (SSSR count). The molecule has 0 aliphatic carbocycles. The molecule has 2 N–H and O–H groups in total. The van der Waals surface area contributed by atoms with E-state index in [1.54, 1.807) is 6.20 Å². The summed E-state index contributed by atoms with van der Waals surface area (Å²) in [5, 5.41) is 25.6. The molecule has 0 aliphatic heterocycles. The maximum Gasteiger partial charge on any atom is 0.216 e. The van der Waals surface area contributed by atoms with Gasteiger partial charge in [-0.1, -0.05) is 6.07 Å². The molecule has 7 heteroatoms. The standard InChI is InChI=1S/C13H15N7/c1-9-4-5-12(20(2)3)11(6-9)15-8-10(7-14)13-16-18-19-17-13/h4-6,8,15H,1-3H3,(H,16,17,18,19). The Kier molecular flexibility index (Phi) is 3.96. The van der Waals surface area contributed by atoms with Gasteiger partial charge in [0.05, 0.1) is 11.4 Å². The summed E-state index contributed by atoms with van der Waals surface area (Å²) in [5.74, 6) is 0.263. The van der Waals surface area contributed by atoms with E-state index in [0.29, 0.717) is 5.57 Å². The molecular weight excluding hydrogens is 254 g/mol. The van der Waals surface area contributed by atoms with E-state index >= 15 is 0 Å². The van der Waals surface area contributed by atoms with Crippen molar-refractivity contribution in [1.29, 1.82) is 5.26 Å². The quantitative estimate of drug-likeness (QED) is 0.818. The largest absolute Gasteiger partial charge is 0.376 e. The van der Waals surface area contributed by atoms with Gasteiger partial charge in [-0.3, -0.25) is 0 Å². The van der Waals surface area contributed by atoms with Crippen LogP contribution in [0.3, 0.4) is 0 Å². The summed E-state index contributed by atoms with van der Waals surface area (Å²) in [6, 6.07) is 8.11. The minimum atomic E-state index is 0.263. The van der Waals surface area contributed by atoms with Crippen LogP contribution in [0.1, 0.15) is 11.4 Å². The Bertz CT molecular complexity index is 650. The highest BCUT2D eigenvalue weighted by atomic mass is 15.5. The third-order valence-electron chi connectivity index (χ3n) is 2.71. The monoisotopic (exact) mass is 269 g/mol. The molecule has 0 atom stereocenters. The lowest BCUT2D eigenvalue weighted by molar-refractivity contribution is 0.881. The van der Waals surface area contributed by atoms with Crippen molar-refractivity contribution in [3.8, 4) is 6.07 Å². The van der Waals surface area contributed by atoms with Crippen molar-refractivity contribution in [1.82, 2.24) is 20.6 Å². The molecule has 7 nitrogen and oxygen atoms in total. The van der Waals surface area contributed by atoms with Crippen molar-refractivity contribution in [3.05, 3.63) is 35.8 Å². The molecule has 1 aromatic carbocycles. The molecule has 0 saturated carbocycles. The third-order valence-corrected chi connectivity index (χ3v) is 2.71. The minimum absolute atomic E-state index is 0.263. The second-order valence-corrected chi connectivity index (χ2v) is 4.46. The summed E-state index contributed by atoms with van der Waals surface area (Å²) in [6.45, 7) is 2.01. The van der Waals surface area contributed by atoms with Gasteiger partial charge >= 0.3 is 0 Å². The average molecular weight is 269 g/mol. The molecule has 102 valence electrons. The first-order valence-electron chi connectivity index (χ1n) is 6.00. The summed E-state index contributed by atoms with van der Waals surface area (Å²) in [5.41, 5.74) is 3.37. The van der Waals surface area contributed by atoms with Crippen LogP contribution in [-0.2, 0) is 0 Å². The second-order valence-electron chi connectivity index (χ2n) is 4.46. The van der Waals surface area contributed by atoms with E-state index in [4.69, 9.17) is 5.26 Å². The van der Waals surface area contributed by atoms with Crippen LogP contribution in [0.5, 0.6) is 0 Å². The molecule has 2 aromatic rings. The molecule has 0 saturated heterocycles. The smallest absolute Gasteiger partial charge is 0.216 e. The van der Waals surface area contributed by atoms with Crippen molar-refractivity contribution in [2.24, 2.45) is 0 Å². The zero-order valence-corrected chi connectivity index (χ0v) is 11.5. The SMILES string of the molecule is Cc1ccc(N(C)C)c(NC=C(C#N)c2nn[nH]n2)c1. The molecule has 20 heavy (non-hydrogen) atoms. The van der Waals surface area contributed by atoms with E-state index in [1.165, 1.54) is 0 Å². The average Bonchev–Trinajstić information content (AvgIpc) is 2.93. The van der Waals surface area contributed by atoms with Crippen LogP contribution in [0.2, 0.25) is 0 Å². The highest BCUT2D eigenvalue weighted by molar-refractivity contribution is 5.77. The third kappa shape index (κ3) is 2.92. The van der Waals surface area contributed by atoms with Crippen LogP contribution in [0, 0.1) is 18.3 Å². The Balaban J connectivity index is 2.30. The fourth-order valence-electron chi connectivity index (χ4n) is 1.73. The lowest BCUT2D eigenvalue weighted by Gasteiger charge is -2.17. The van der Waals surface area contributed by atoms with Gasteiger partial charge in [0.2, 0.25) is 5.82 Å². The van der Waals surface area contributed by atoms with Gasteiger partial charge in [0, 0.05) is 20.3 Å². The number of H-pyrrole nitrogens is 1. The number of nitrogens with zero attached hydrogens (tertiary/aromatic N) is 5. The number of aryl methyl sites for hydroxylation is 1. The maximum atomic E-state index is 9.12.